The number of likely N-dealkylation sites (N-methyl/N-ethyl adjacent to an activating group) is 1. The lowest BCUT2D eigenvalue weighted by molar-refractivity contribution is -0.156. The van der Waals surface area contributed by atoms with Crippen LogP contribution in [0, 0.1) is 0 Å². The van der Waals surface area contributed by atoms with Crippen molar-refractivity contribution in [2.24, 2.45) is 0 Å². The number of carbonyl (C=O) groups excluding carboxylic acids is 2. The second-order valence-corrected chi connectivity index (χ2v) is 3.57. The van der Waals surface area contributed by atoms with Crippen molar-refractivity contribution < 1.29 is 19.1 Å². The SMILES string of the molecule is CNC(=O)C(C)OC(=O)COc1ccccc1N. The number of nitrogens with two attached hydrogens (primary N) is 1. The molecule has 6 heteroatoms. The number of nitrogen functional groups attached to an aromatic ring is 1. The van der Waals surface area contributed by atoms with Gasteiger partial charge in [0, 0.05) is 7.05 Å². The molecule has 18 heavy (non-hydrogen) atoms. The second-order valence-electron chi connectivity index (χ2n) is 3.57. The summed E-state index contributed by atoms with van der Waals surface area (Å²) in [6, 6.07) is 6.80. The van der Waals surface area contributed by atoms with Crippen LogP contribution in [0.5, 0.6) is 5.75 Å². The molecule has 98 valence electrons. The minimum Gasteiger partial charge on any atom is -0.480 e. The molecule has 0 heterocycles. The third kappa shape index (κ3) is 3.97. The van der Waals surface area contributed by atoms with E-state index in [0.29, 0.717) is 11.4 Å². The Morgan fingerprint density at radius 2 is 2.06 bits per heavy atom. The number of carbonyl (C=O) groups is 2. The van der Waals surface area contributed by atoms with Gasteiger partial charge in [-0.25, -0.2) is 4.79 Å². The first kappa shape index (κ1) is 13.8. The highest BCUT2D eigenvalue weighted by Crippen LogP contribution is 2.19. The first-order valence-corrected chi connectivity index (χ1v) is 5.43. The summed E-state index contributed by atoms with van der Waals surface area (Å²) in [5.74, 6) is -0.598. The van der Waals surface area contributed by atoms with E-state index >= 15 is 0 Å². The van der Waals surface area contributed by atoms with Gasteiger partial charge >= 0.3 is 5.97 Å². The van der Waals surface area contributed by atoms with Crippen LogP contribution in [0.25, 0.3) is 0 Å². The molecule has 1 rings (SSSR count). The molecule has 0 radical (unpaired) electrons. The maximum atomic E-state index is 11.4. The van der Waals surface area contributed by atoms with Crippen LogP contribution in [0.15, 0.2) is 24.3 Å². The highest BCUT2D eigenvalue weighted by Gasteiger charge is 2.16. The van der Waals surface area contributed by atoms with Crippen LogP contribution in [0.2, 0.25) is 0 Å². The normalized spacial score (nSPS) is 11.4. The van der Waals surface area contributed by atoms with Gasteiger partial charge in [-0.15, -0.1) is 0 Å². The number of esters is 1. The van der Waals surface area contributed by atoms with Crippen LogP contribution in [-0.4, -0.2) is 31.6 Å². The number of ether oxygens (including phenoxy) is 2. The molecule has 6 nitrogen and oxygen atoms in total. The summed E-state index contributed by atoms with van der Waals surface area (Å²) in [6.07, 6.45) is -0.848. The Hall–Kier alpha value is -2.24. The van der Waals surface area contributed by atoms with Crippen LogP contribution in [0.4, 0.5) is 5.69 Å². The van der Waals surface area contributed by atoms with Crippen molar-refractivity contribution in [1.82, 2.24) is 5.32 Å². The minimum absolute atomic E-state index is 0.296. The number of para-hydroxylation sites is 2. The van der Waals surface area contributed by atoms with E-state index in [1.54, 1.807) is 24.3 Å². The van der Waals surface area contributed by atoms with Crippen molar-refractivity contribution in [3.8, 4) is 5.75 Å². The number of amides is 1. The third-order valence-electron chi connectivity index (χ3n) is 2.19. The predicted octanol–water partition coefficient (Wildman–Crippen LogP) is 0.325. The number of anilines is 1. The Balaban J connectivity index is 2.43. The highest BCUT2D eigenvalue weighted by atomic mass is 16.6. The second kappa shape index (κ2) is 6.48. The van der Waals surface area contributed by atoms with Crippen LogP contribution < -0.4 is 15.8 Å². The summed E-state index contributed by atoms with van der Waals surface area (Å²) in [7, 11) is 1.47. The lowest BCUT2D eigenvalue weighted by Crippen LogP contribution is -2.34. The van der Waals surface area contributed by atoms with Gasteiger partial charge in [0.15, 0.2) is 12.7 Å². The first-order chi connectivity index (χ1) is 8.54. The Morgan fingerprint density at radius 3 is 2.67 bits per heavy atom. The molecule has 0 aliphatic heterocycles. The van der Waals surface area contributed by atoms with Crippen molar-refractivity contribution in [2.75, 3.05) is 19.4 Å². The smallest absolute Gasteiger partial charge is 0.344 e. The minimum atomic E-state index is -0.848. The monoisotopic (exact) mass is 252 g/mol. The molecule has 1 aromatic carbocycles. The third-order valence-corrected chi connectivity index (χ3v) is 2.19. The van der Waals surface area contributed by atoms with E-state index in [0.717, 1.165) is 0 Å². The summed E-state index contributed by atoms with van der Waals surface area (Å²) in [6.45, 7) is 1.18. The van der Waals surface area contributed by atoms with E-state index < -0.39 is 12.1 Å². The Morgan fingerprint density at radius 1 is 1.39 bits per heavy atom. The van der Waals surface area contributed by atoms with Crippen molar-refractivity contribution >= 4 is 17.6 Å². The van der Waals surface area contributed by atoms with E-state index in [9.17, 15) is 9.59 Å². The molecule has 0 bridgehead atoms. The molecular weight excluding hydrogens is 236 g/mol. The van der Waals surface area contributed by atoms with E-state index in [1.165, 1.54) is 14.0 Å². The molecule has 1 amide bonds. The molecule has 0 aliphatic carbocycles. The van der Waals surface area contributed by atoms with Gasteiger partial charge in [-0.2, -0.15) is 0 Å². The molecule has 3 N–H and O–H groups in total. The molecular formula is C12H16N2O4. The van der Waals surface area contributed by atoms with Crippen molar-refractivity contribution in [1.29, 1.82) is 0 Å². The van der Waals surface area contributed by atoms with Gasteiger partial charge in [-0.05, 0) is 19.1 Å². The van der Waals surface area contributed by atoms with Crippen LogP contribution in [0.3, 0.4) is 0 Å². The highest BCUT2D eigenvalue weighted by molar-refractivity contribution is 5.83. The molecule has 1 unspecified atom stereocenters. The molecule has 1 aromatic rings. The van der Waals surface area contributed by atoms with E-state index in [1.807, 2.05) is 0 Å². The zero-order valence-corrected chi connectivity index (χ0v) is 10.3. The molecule has 1 atom stereocenters. The zero-order chi connectivity index (χ0) is 13.5. The number of rotatable bonds is 5. The summed E-state index contributed by atoms with van der Waals surface area (Å²) in [4.78, 5) is 22.5. The maximum Gasteiger partial charge on any atom is 0.344 e. The van der Waals surface area contributed by atoms with Crippen LogP contribution in [0.1, 0.15) is 6.92 Å². The topological polar surface area (TPSA) is 90.6 Å². The number of nitrogens with one attached hydrogen (secondary N) is 1. The summed E-state index contributed by atoms with van der Waals surface area (Å²) < 4.78 is 10.0. The maximum absolute atomic E-state index is 11.4. The molecule has 0 fully saturated rings. The van der Waals surface area contributed by atoms with Gasteiger partial charge in [-0.3, -0.25) is 4.79 Å². The van der Waals surface area contributed by atoms with Crippen molar-refractivity contribution in [2.45, 2.75) is 13.0 Å². The van der Waals surface area contributed by atoms with Crippen molar-refractivity contribution in [3.63, 3.8) is 0 Å². The number of hydrogen-bond donors (Lipinski definition) is 2. The summed E-state index contributed by atoms with van der Waals surface area (Å²) in [5.41, 5.74) is 6.07. The summed E-state index contributed by atoms with van der Waals surface area (Å²) >= 11 is 0. The van der Waals surface area contributed by atoms with E-state index in [-0.39, 0.29) is 12.5 Å². The Bertz CT molecular complexity index is 434. The molecule has 0 aromatic heterocycles. The standard InChI is InChI=1S/C12H16N2O4/c1-8(12(16)14-2)18-11(15)7-17-10-6-4-3-5-9(10)13/h3-6,8H,7,13H2,1-2H3,(H,14,16). The molecule has 0 aliphatic rings. The van der Waals surface area contributed by atoms with Gasteiger partial charge in [0.25, 0.3) is 5.91 Å². The molecule has 0 saturated carbocycles. The zero-order valence-electron chi connectivity index (χ0n) is 10.3. The average Bonchev–Trinajstić information content (AvgIpc) is 2.36. The molecule has 0 saturated heterocycles. The van der Waals surface area contributed by atoms with Crippen LogP contribution in [-0.2, 0) is 14.3 Å². The number of hydrogen-bond acceptors (Lipinski definition) is 5. The van der Waals surface area contributed by atoms with Gasteiger partial charge < -0.3 is 20.5 Å². The molecule has 0 spiro atoms. The van der Waals surface area contributed by atoms with Gasteiger partial charge in [0.05, 0.1) is 5.69 Å². The van der Waals surface area contributed by atoms with Gasteiger partial charge in [0.1, 0.15) is 5.75 Å². The Labute approximate surface area is 105 Å². The van der Waals surface area contributed by atoms with Gasteiger partial charge in [0.2, 0.25) is 0 Å². The fraction of sp³-hybridized carbons (Fsp3) is 0.333. The lowest BCUT2D eigenvalue weighted by atomic mass is 10.3. The predicted molar refractivity (Wildman–Crippen MR) is 66.0 cm³/mol. The van der Waals surface area contributed by atoms with Crippen LogP contribution >= 0.6 is 0 Å². The lowest BCUT2D eigenvalue weighted by Gasteiger charge is -2.12. The first-order valence-electron chi connectivity index (χ1n) is 5.43. The Kier molecular flexibility index (Phi) is 4.98. The average molecular weight is 252 g/mol. The fourth-order valence-electron chi connectivity index (χ4n) is 1.24. The largest absolute Gasteiger partial charge is 0.480 e. The number of benzene rings is 1. The quantitative estimate of drug-likeness (QED) is 0.582. The summed E-state index contributed by atoms with van der Waals surface area (Å²) in [5, 5.41) is 2.38. The van der Waals surface area contributed by atoms with E-state index in [2.05, 4.69) is 5.32 Å². The van der Waals surface area contributed by atoms with Crippen molar-refractivity contribution in [3.05, 3.63) is 24.3 Å². The fourth-order valence-corrected chi connectivity index (χ4v) is 1.24. The van der Waals surface area contributed by atoms with Gasteiger partial charge in [-0.1, -0.05) is 12.1 Å². The van der Waals surface area contributed by atoms with E-state index in [4.69, 9.17) is 15.2 Å².